The molecule has 3 atom stereocenters. The first kappa shape index (κ1) is 11.4. The van der Waals surface area contributed by atoms with Crippen molar-refractivity contribution in [1.29, 1.82) is 0 Å². The van der Waals surface area contributed by atoms with Crippen molar-refractivity contribution in [2.75, 3.05) is 26.7 Å². The van der Waals surface area contributed by atoms with Gasteiger partial charge in [0, 0.05) is 32.3 Å². The molecule has 0 aromatic rings. The summed E-state index contributed by atoms with van der Waals surface area (Å²) in [4.78, 5) is 2.67. The maximum atomic E-state index is 5.27. The molecule has 15 heavy (non-hydrogen) atoms. The Labute approximate surface area is 93.2 Å². The summed E-state index contributed by atoms with van der Waals surface area (Å²) in [5.74, 6) is 0. The lowest BCUT2D eigenvalue weighted by molar-refractivity contribution is 0.109. The Morgan fingerprint density at radius 3 is 3.00 bits per heavy atom. The van der Waals surface area contributed by atoms with Crippen LogP contribution in [0.5, 0.6) is 0 Å². The van der Waals surface area contributed by atoms with Crippen LogP contribution in [0, 0.1) is 0 Å². The van der Waals surface area contributed by atoms with Crippen LogP contribution in [0.15, 0.2) is 0 Å². The minimum Gasteiger partial charge on any atom is -0.380 e. The maximum Gasteiger partial charge on any atom is 0.0667 e. The monoisotopic (exact) mass is 212 g/mol. The van der Waals surface area contributed by atoms with Crippen LogP contribution in [-0.4, -0.2) is 49.8 Å². The minimum atomic E-state index is 0.336. The third-order valence-corrected chi connectivity index (χ3v) is 3.93. The zero-order valence-electron chi connectivity index (χ0n) is 10.0. The average molecular weight is 212 g/mol. The molecule has 0 spiro atoms. The van der Waals surface area contributed by atoms with Crippen molar-refractivity contribution in [2.24, 2.45) is 0 Å². The normalized spacial score (nSPS) is 34.0. The summed E-state index contributed by atoms with van der Waals surface area (Å²) in [5, 5.41) is 3.66. The second kappa shape index (κ2) is 5.28. The van der Waals surface area contributed by atoms with Crippen molar-refractivity contribution >= 4 is 0 Å². The van der Waals surface area contributed by atoms with E-state index in [1.54, 1.807) is 7.11 Å². The zero-order valence-corrected chi connectivity index (χ0v) is 10.0. The third kappa shape index (κ3) is 2.71. The molecule has 88 valence electrons. The van der Waals surface area contributed by atoms with Gasteiger partial charge in [0.1, 0.15) is 0 Å². The van der Waals surface area contributed by atoms with Gasteiger partial charge in [0.2, 0.25) is 0 Å². The molecule has 1 N–H and O–H groups in total. The van der Waals surface area contributed by atoms with Gasteiger partial charge in [0.25, 0.3) is 0 Å². The van der Waals surface area contributed by atoms with Gasteiger partial charge in [0.15, 0.2) is 0 Å². The molecule has 2 fully saturated rings. The molecule has 3 nitrogen and oxygen atoms in total. The molecule has 3 unspecified atom stereocenters. The van der Waals surface area contributed by atoms with Crippen molar-refractivity contribution in [3.63, 3.8) is 0 Å². The number of fused-ring (bicyclic) bond motifs is 1. The second-order valence-corrected chi connectivity index (χ2v) is 4.95. The Bertz CT molecular complexity index is 198. The number of ether oxygens (including phenoxy) is 1. The highest BCUT2D eigenvalue weighted by atomic mass is 16.5. The highest BCUT2D eigenvalue weighted by Gasteiger charge is 2.34. The van der Waals surface area contributed by atoms with Gasteiger partial charge in [-0.1, -0.05) is 6.42 Å². The smallest absolute Gasteiger partial charge is 0.0667 e. The van der Waals surface area contributed by atoms with E-state index < -0.39 is 0 Å². The lowest BCUT2D eigenvalue weighted by atomic mass is 9.99. The molecule has 2 aliphatic rings. The Hall–Kier alpha value is -0.120. The van der Waals surface area contributed by atoms with E-state index in [1.165, 1.54) is 38.8 Å². The molecule has 0 saturated carbocycles. The Morgan fingerprint density at radius 1 is 1.33 bits per heavy atom. The summed E-state index contributed by atoms with van der Waals surface area (Å²) in [7, 11) is 1.79. The average Bonchev–Trinajstić information content (AvgIpc) is 2.69. The number of hydrogen-bond donors (Lipinski definition) is 1. The van der Waals surface area contributed by atoms with Gasteiger partial charge in [0.05, 0.1) is 6.10 Å². The Morgan fingerprint density at radius 2 is 2.20 bits per heavy atom. The molecule has 2 rings (SSSR count). The fourth-order valence-corrected chi connectivity index (χ4v) is 2.89. The lowest BCUT2D eigenvalue weighted by Crippen LogP contribution is -2.46. The van der Waals surface area contributed by atoms with Crippen LogP contribution < -0.4 is 5.32 Å². The maximum absolute atomic E-state index is 5.27. The number of methoxy groups -OCH3 is 1. The molecule has 0 aliphatic carbocycles. The molecule has 0 aromatic heterocycles. The quantitative estimate of drug-likeness (QED) is 0.759. The van der Waals surface area contributed by atoms with E-state index in [0.717, 1.165) is 12.6 Å². The Balaban J connectivity index is 1.78. The summed E-state index contributed by atoms with van der Waals surface area (Å²) in [6, 6.07) is 1.52. The SMILES string of the molecule is COC(C)CNC1CCN2CCCCC12. The summed E-state index contributed by atoms with van der Waals surface area (Å²) in [6.45, 7) is 5.73. The predicted octanol–water partition coefficient (Wildman–Crippen LogP) is 1.24. The summed E-state index contributed by atoms with van der Waals surface area (Å²) < 4.78 is 5.27. The topological polar surface area (TPSA) is 24.5 Å². The van der Waals surface area contributed by atoms with Crippen LogP contribution in [0.3, 0.4) is 0 Å². The van der Waals surface area contributed by atoms with Crippen LogP contribution in [-0.2, 0) is 4.74 Å². The van der Waals surface area contributed by atoms with Crippen LogP contribution >= 0.6 is 0 Å². The zero-order chi connectivity index (χ0) is 10.7. The molecule has 0 radical (unpaired) electrons. The molecule has 2 heterocycles. The van der Waals surface area contributed by atoms with E-state index in [9.17, 15) is 0 Å². The van der Waals surface area contributed by atoms with Crippen molar-refractivity contribution in [2.45, 2.75) is 50.8 Å². The highest BCUT2D eigenvalue weighted by Crippen LogP contribution is 2.26. The first-order valence-electron chi connectivity index (χ1n) is 6.31. The third-order valence-electron chi connectivity index (χ3n) is 3.93. The molecule has 0 aromatic carbocycles. The second-order valence-electron chi connectivity index (χ2n) is 4.95. The standard InChI is InChI=1S/C12H24N2O/c1-10(15-2)9-13-11-6-8-14-7-4-3-5-12(11)14/h10-13H,3-9H2,1-2H3. The van der Waals surface area contributed by atoms with Gasteiger partial charge in [-0.3, -0.25) is 4.90 Å². The van der Waals surface area contributed by atoms with Gasteiger partial charge in [-0.15, -0.1) is 0 Å². The van der Waals surface area contributed by atoms with E-state index in [2.05, 4.69) is 17.1 Å². The van der Waals surface area contributed by atoms with Crippen LogP contribution in [0.4, 0.5) is 0 Å². The van der Waals surface area contributed by atoms with E-state index in [0.29, 0.717) is 12.1 Å². The molecule has 3 heteroatoms. The van der Waals surface area contributed by atoms with E-state index in [4.69, 9.17) is 4.74 Å². The fraction of sp³-hybridized carbons (Fsp3) is 1.00. The van der Waals surface area contributed by atoms with Crippen molar-refractivity contribution in [3.05, 3.63) is 0 Å². The summed E-state index contributed by atoms with van der Waals surface area (Å²) in [6.07, 6.45) is 5.86. The first-order chi connectivity index (χ1) is 7.31. The molecular weight excluding hydrogens is 188 g/mol. The molecular formula is C12H24N2O. The highest BCUT2D eigenvalue weighted by molar-refractivity contribution is 4.94. The summed E-state index contributed by atoms with van der Waals surface area (Å²) >= 11 is 0. The molecule has 0 bridgehead atoms. The van der Waals surface area contributed by atoms with Gasteiger partial charge in [-0.05, 0) is 32.7 Å². The van der Waals surface area contributed by atoms with Crippen LogP contribution in [0.1, 0.15) is 32.6 Å². The molecule has 0 amide bonds. The first-order valence-corrected chi connectivity index (χ1v) is 6.31. The van der Waals surface area contributed by atoms with Crippen LogP contribution in [0.2, 0.25) is 0 Å². The largest absolute Gasteiger partial charge is 0.380 e. The number of rotatable bonds is 4. The van der Waals surface area contributed by atoms with Gasteiger partial charge in [-0.2, -0.15) is 0 Å². The summed E-state index contributed by atoms with van der Waals surface area (Å²) in [5.41, 5.74) is 0. The Kier molecular flexibility index (Phi) is 4.00. The van der Waals surface area contributed by atoms with E-state index >= 15 is 0 Å². The van der Waals surface area contributed by atoms with Crippen LogP contribution in [0.25, 0.3) is 0 Å². The van der Waals surface area contributed by atoms with Crippen molar-refractivity contribution in [1.82, 2.24) is 10.2 Å². The fourth-order valence-electron chi connectivity index (χ4n) is 2.89. The minimum absolute atomic E-state index is 0.336. The molecule has 2 aliphatic heterocycles. The number of nitrogens with one attached hydrogen (secondary N) is 1. The number of hydrogen-bond acceptors (Lipinski definition) is 3. The number of nitrogens with zero attached hydrogens (tertiary/aromatic N) is 1. The molecule has 2 saturated heterocycles. The van der Waals surface area contributed by atoms with E-state index in [1.807, 2.05) is 0 Å². The van der Waals surface area contributed by atoms with Gasteiger partial charge in [-0.25, -0.2) is 0 Å². The van der Waals surface area contributed by atoms with Crippen molar-refractivity contribution in [3.8, 4) is 0 Å². The van der Waals surface area contributed by atoms with E-state index in [-0.39, 0.29) is 0 Å². The predicted molar refractivity (Wildman–Crippen MR) is 62.1 cm³/mol. The van der Waals surface area contributed by atoms with Crippen molar-refractivity contribution < 1.29 is 4.74 Å². The lowest BCUT2D eigenvalue weighted by Gasteiger charge is -2.33. The number of piperidine rings is 1. The van der Waals surface area contributed by atoms with Gasteiger partial charge >= 0.3 is 0 Å². The van der Waals surface area contributed by atoms with Gasteiger partial charge < -0.3 is 10.1 Å².